The second-order valence-corrected chi connectivity index (χ2v) is 4.89. The lowest BCUT2D eigenvalue weighted by atomic mass is 9.96. The van der Waals surface area contributed by atoms with Gasteiger partial charge in [0.05, 0.1) is 5.92 Å². The van der Waals surface area contributed by atoms with Gasteiger partial charge in [0.15, 0.2) is 0 Å². The topological polar surface area (TPSA) is 57.6 Å². The normalized spacial score (nSPS) is 12.9. The molecular weight excluding hydrogens is 230 g/mol. The average Bonchev–Trinajstić information content (AvgIpc) is 2.36. The fraction of sp³-hybridized carbons (Fsp3) is 0.429. The summed E-state index contributed by atoms with van der Waals surface area (Å²) >= 11 is 0. The molecule has 1 N–H and O–H groups in total. The number of carboxylic acid groups (broad SMARTS) is 1. The monoisotopic (exact) mass is 249 g/mol. The number of hydrogen-bond donors (Lipinski definition) is 1. The number of carboxylic acids is 1. The molecule has 0 bridgehead atoms. The van der Waals surface area contributed by atoms with E-state index < -0.39 is 11.5 Å². The third-order valence-electron chi connectivity index (χ3n) is 3.36. The van der Waals surface area contributed by atoms with Gasteiger partial charge in [-0.3, -0.25) is 4.79 Å². The van der Waals surface area contributed by atoms with Gasteiger partial charge in [-0.25, -0.2) is 4.79 Å². The summed E-state index contributed by atoms with van der Waals surface area (Å²) < 4.78 is 0. The number of amides is 1. The number of rotatable bonds is 4. The summed E-state index contributed by atoms with van der Waals surface area (Å²) in [6.07, 6.45) is 0. The van der Waals surface area contributed by atoms with E-state index >= 15 is 0 Å². The third-order valence-corrected chi connectivity index (χ3v) is 3.36. The minimum atomic E-state index is -1.21. The maximum atomic E-state index is 12.3. The highest BCUT2D eigenvalue weighted by atomic mass is 16.4. The molecule has 0 saturated heterocycles. The highest BCUT2D eigenvalue weighted by Crippen LogP contribution is 2.22. The molecule has 0 heterocycles. The molecule has 0 aromatic heterocycles. The van der Waals surface area contributed by atoms with Crippen LogP contribution in [0.15, 0.2) is 30.3 Å². The minimum absolute atomic E-state index is 0.200. The Morgan fingerprint density at radius 2 is 1.72 bits per heavy atom. The van der Waals surface area contributed by atoms with Gasteiger partial charge in [0, 0.05) is 7.05 Å². The summed E-state index contributed by atoms with van der Waals surface area (Å²) in [5, 5.41) is 9.12. The standard InChI is InChI=1S/C14H19NO3/c1-10(11-8-6-5-7-9-11)12(16)15(4)14(2,3)13(17)18/h5-10H,1-4H3,(H,17,18). The highest BCUT2D eigenvalue weighted by molar-refractivity contribution is 5.89. The van der Waals surface area contributed by atoms with E-state index in [-0.39, 0.29) is 11.8 Å². The van der Waals surface area contributed by atoms with Crippen LogP contribution in [0, 0.1) is 0 Å². The van der Waals surface area contributed by atoms with Gasteiger partial charge in [-0.15, -0.1) is 0 Å². The quantitative estimate of drug-likeness (QED) is 0.889. The van der Waals surface area contributed by atoms with E-state index in [0.717, 1.165) is 5.56 Å². The van der Waals surface area contributed by atoms with Gasteiger partial charge in [0.25, 0.3) is 0 Å². The molecule has 0 spiro atoms. The Morgan fingerprint density at radius 1 is 1.22 bits per heavy atom. The molecule has 4 heteroatoms. The van der Waals surface area contributed by atoms with Crippen molar-refractivity contribution in [2.75, 3.05) is 7.05 Å². The van der Waals surface area contributed by atoms with Crippen LogP contribution in [0.3, 0.4) is 0 Å². The van der Waals surface area contributed by atoms with Gasteiger partial charge in [0.1, 0.15) is 5.54 Å². The zero-order valence-corrected chi connectivity index (χ0v) is 11.2. The second-order valence-electron chi connectivity index (χ2n) is 4.89. The Balaban J connectivity index is 2.92. The highest BCUT2D eigenvalue weighted by Gasteiger charge is 2.36. The fourth-order valence-electron chi connectivity index (χ4n) is 1.59. The maximum absolute atomic E-state index is 12.3. The summed E-state index contributed by atoms with van der Waals surface area (Å²) in [4.78, 5) is 24.7. The van der Waals surface area contributed by atoms with Crippen molar-refractivity contribution in [3.8, 4) is 0 Å². The van der Waals surface area contributed by atoms with Crippen LogP contribution in [-0.4, -0.2) is 34.5 Å². The van der Waals surface area contributed by atoms with Crippen LogP contribution in [0.2, 0.25) is 0 Å². The largest absolute Gasteiger partial charge is 0.480 e. The number of carbonyl (C=O) groups is 2. The molecule has 1 aromatic rings. The van der Waals surface area contributed by atoms with Gasteiger partial charge in [-0.2, -0.15) is 0 Å². The molecule has 1 amide bonds. The van der Waals surface area contributed by atoms with Gasteiger partial charge in [-0.05, 0) is 26.3 Å². The molecule has 98 valence electrons. The molecular formula is C14H19NO3. The SMILES string of the molecule is CC(C(=O)N(C)C(C)(C)C(=O)O)c1ccccc1. The minimum Gasteiger partial charge on any atom is -0.480 e. The first kappa shape index (κ1) is 14.2. The molecule has 1 aromatic carbocycles. The molecule has 18 heavy (non-hydrogen) atoms. The average molecular weight is 249 g/mol. The molecule has 4 nitrogen and oxygen atoms in total. The van der Waals surface area contributed by atoms with Gasteiger partial charge < -0.3 is 10.0 Å². The lowest BCUT2D eigenvalue weighted by Crippen LogP contribution is -2.51. The first-order valence-electron chi connectivity index (χ1n) is 5.84. The van der Waals surface area contributed by atoms with Gasteiger partial charge in [0.2, 0.25) is 5.91 Å². The van der Waals surface area contributed by atoms with E-state index in [1.165, 1.54) is 25.8 Å². The van der Waals surface area contributed by atoms with Crippen LogP contribution in [-0.2, 0) is 9.59 Å². The van der Waals surface area contributed by atoms with Crippen molar-refractivity contribution >= 4 is 11.9 Å². The summed E-state index contributed by atoms with van der Waals surface area (Å²) in [6.45, 7) is 4.82. The molecule has 0 saturated carbocycles. The zero-order valence-electron chi connectivity index (χ0n) is 11.2. The molecule has 0 aliphatic rings. The van der Waals surface area contributed by atoms with Crippen molar-refractivity contribution in [2.24, 2.45) is 0 Å². The van der Waals surface area contributed by atoms with Crippen LogP contribution >= 0.6 is 0 Å². The number of benzene rings is 1. The number of hydrogen-bond acceptors (Lipinski definition) is 2. The number of likely N-dealkylation sites (N-methyl/N-ethyl adjacent to an activating group) is 1. The molecule has 0 aliphatic carbocycles. The maximum Gasteiger partial charge on any atom is 0.329 e. The van der Waals surface area contributed by atoms with E-state index in [4.69, 9.17) is 5.11 Å². The first-order valence-corrected chi connectivity index (χ1v) is 5.84. The van der Waals surface area contributed by atoms with Crippen LogP contribution in [0.1, 0.15) is 32.3 Å². The first-order chi connectivity index (χ1) is 8.28. The van der Waals surface area contributed by atoms with Crippen molar-refractivity contribution in [3.63, 3.8) is 0 Å². The summed E-state index contributed by atoms with van der Waals surface area (Å²) in [6, 6.07) is 9.34. The van der Waals surface area contributed by atoms with Crippen LogP contribution in [0.25, 0.3) is 0 Å². The summed E-state index contributed by atoms with van der Waals surface area (Å²) in [5.74, 6) is -1.57. The van der Waals surface area contributed by atoms with Gasteiger partial charge in [-0.1, -0.05) is 30.3 Å². The Bertz CT molecular complexity index is 440. The van der Waals surface area contributed by atoms with E-state index in [1.54, 1.807) is 6.92 Å². The Hall–Kier alpha value is -1.84. The van der Waals surface area contributed by atoms with Crippen molar-refractivity contribution in [2.45, 2.75) is 32.2 Å². The second kappa shape index (κ2) is 5.21. The Labute approximate surface area is 107 Å². The molecule has 1 unspecified atom stereocenters. The number of aliphatic carboxylic acids is 1. The fourth-order valence-corrected chi connectivity index (χ4v) is 1.59. The predicted molar refractivity (Wildman–Crippen MR) is 69.3 cm³/mol. The number of carbonyl (C=O) groups excluding carboxylic acids is 1. The van der Waals surface area contributed by atoms with Crippen molar-refractivity contribution < 1.29 is 14.7 Å². The smallest absolute Gasteiger partial charge is 0.329 e. The molecule has 0 aliphatic heterocycles. The van der Waals surface area contributed by atoms with Crippen LogP contribution in [0.4, 0.5) is 0 Å². The van der Waals surface area contributed by atoms with E-state index in [9.17, 15) is 9.59 Å². The van der Waals surface area contributed by atoms with Crippen LogP contribution in [0.5, 0.6) is 0 Å². The van der Waals surface area contributed by atoms with Crippen molar-refractivity contribution in [1.29, 1.82) is 0 Å². The molecule has 0 radical (unpaired) electrons. The van der Waals surface area contributed by atoms with Crippen molar-refractivity contribution in [3.05, 3.63) is 35.9 Å². The summed E-state index contributed by atoms with van der Waals surface area (Å²) in [5.41, 5.74) is -0.323. The molecule has 1 rings (SSSR count). The van der Waals surface area contributed by atoms with E-state index in [2.05, 4.69) is 0 Å². The summed E-state index contributed by atoms with van der Waals surface area (Å²) in [7, 11) is 1.52. The van der Waals surface area contributed by atoms with Crippen molar-refractivity contribution in [1.82, 2.24) is 4.90 Å². The van der Waals surface area contributed by atoms with Gasteiger partial charge >= 0.3 is 5.97 Å². The lowest BCUT2D eigenvalue weighted by molar-refractivity contribution is -0.155. The van der Waals surface area contributed by atoms with E-state index in [1.807, 2.05) is 30.3 Å². The van der Waals surface area contributed by atoms with Crippen LogP contribution < -0.4 is 0 Å². The lowest BCUT2D eigenvalue weighted by Gasteiger charge is -2.33. The van der Waals surface area contributed by atoms with E-state index in [0.29, 0.717) is 0 Å². The predicted octanol–water partition coefficient (Wildman–Crippen LogP) is 2.11. The Morgan fingerprint density at radius 3 is 2.17 bits per heavy atom. The molecule has 0 fully saturated rings. The molecule has 1 atom stereocenters. The zero-order chi connectivity index (χ0) is 13.9. The number of nitrogens with zero attached hydrogens (tertiary/aromatic N) is 1. The third kappa shape index (κ3) is 2.70. The Kier molecular flexibility index (Phi) is 4.11.